The molecule has 3 heterocycles. The quantitative estimate of drug-likeness (QED) is 0.311. The molecule has 40 heavy (non-hydrogen) atoms. The lowest BCUT2D eigenvalue weighted by molar-refractivity contribution is -0.00838. The van der Waals surface area contributed by atoms with E-state index in [0.717, 1.165) is 11.8 Å². The van der Waals surface area contributed by atoms with Crippen molar-refractivity contribution in [2.24, 2.45) is 0 Å². The molecule has 4 atom stereocenters. The van der Waals surface area contributed by atoms with E-state index in [1.165, 1.54) is 18.5 Å². The summed E-state index contributed by atoms with van der Waals surface area (Å²) in [4.78, 5) is 8.90. The molecule has 0 spiro atoms. The van der Waals surface area contributed by atoms with E-state index >= 15 is 0 Å². The number of nitrogens with one attached hydrogen (secondary N) is 1. The van der Waals surface area contributed by atoms with Crippen LogP contribution in [0.15, 0.2) is 30.6 Å². The highest BCUT2D eigenvalue weighted by Gasteiger charge is 2.35. The van der Waals surface area contributed by atoms with Crippen molar-refractivity contribution < 1.29 is 31.4 Å². The van der Waals surface area contributed by atoms with Gasteiger partial charge in [-0.2, -0.15) is 4.31 Å². The fraction of sp³-hybridized carbons (Fsp3) is 0.500. The van der Waals surface area contributed by atoms with Gasteiger partial charge in [0.05, 0.1) is 27.1 Å². The van der Waals surface area contributed by atoms with Crippen LogP contribution >= 0.6 is 0 Å². The Kier molecular flexibility index (Phi) is 9.48. The number of sulfonamides is 1. The minimum Gasteiger partial charge on any atom is -0.760 e. The summed E-state index contributed by atoms with van der Waals surface area (Å²) in [5.41, 5.74) is 1.34. The molecule has 0 bridgehead atoms. The van der Waals surface area contributed by atoms with Crippen LogP contribution in [-0.2, 0) is 32.4 Å². The normalized spacial score (nSPS) is 18.7. The van der Waals surface area contributed by atoms with Gasteiger partial charge in [-0.25, -0.2) is 23.1 Å². The topological polar surface area (TPSA) is 174 Å². The van der Waals surface area contributed by atoms with E-state index in [1.54, 1.807) is 42.1 Å². The highest BCUT2D eigenvalue weighted by atomic mass is 32.2. The smallest absolute Gasteiger partial charge is 0.211 e. The van der Waals surface area contributed by atoms with Gasteiger partial charge in [0.2, 0.25) is 10.0 Å². The van der Waals surface area contributed by atoms with E-state index in [0.29, 0.717) is 34.7 Å². The molecule has 2 aromatic heterocycles. The van der Waals surface area contributed by atoms with Crippen molar-refractivity contribution in [2.75, 3.05) is 40.2 Å². The van der Waals surface area contributed by atoms with E-state index in [1.807, 2.05) is 6.92 Å². The molecule has 1 aliphatic rings. The highest BCUT2D eigenvalue weighted by molar-refractivity contribution is 7.88. The first-order valence-corrected chi connectivity index (χ1v) is 15.3. The van der Waals surface area contributed by atoms with Gasteiger partial charge in [-0.3, -0.25) is 8.78 Å². The molecule has 16 heteroatoms. The van der Waals surface area contributed by atoms with Gasteiger partial charge in [-0.1, -0.05) is 6.07 Å². The number of benzene rings is 1. The minimum absolute atomic E-state index is 0.0338. The Bertz CT molecular complexity index is 1430. The Labute approximate surface area is 235 Å². The number of aromatic nitrogens is 5. The molecule has 1 N–H and O–H groups in total. The summed E-state index contributed by atoms with van der Waals surface area (Å²) in [5.74, 6) is 1.52. The van der Waals surface area contributed by atoms with Crippen LogP contribution in [0.1, 0.15) is 42.0 Å². The Hall–Kier alpha value is -3.02. The number of rotatable bonds is 11. The maximum Gasteiger partial charge on any atom is 0.211 e. The van der Waals surface area contributed by atoms with Gasteiger partial charge < -0.3 is 18.8 Å². The largest absolute Gasteiger partial charge is 0.760 e. The zero-order valence-corrected chi connectivity index (χ0v) is 24.4. The van der Waals surface area contributed by atoms with Crippen LogP contribution in [-0.4, -0.2) is 92.4 Å². The van der Waals surface area contributed by atoms with E-state index < -0.39 is 39.4 Å². The molecular formula is C24H32N7O7S2-. The molecule has 1 unspecified atom stereocenters. The number of hydrogen-bond donors (Lipinski definition) is 1. The van der Waals surface area contributed by atoms with Crippen molar-refractivity contribution in [3.05, 3.63) is 53.6 Å². The van der Waals surface area contributed by atoms with Gasteiger partial charge in [-0.15, -0.1) is 10.2 Å². The predicted molar refractivity (Wildman–Crippen MR) is 144 cm³/mol. The standard InChI is InChI=1S/C24H33N7O7S2/c1-15-12-25-23(26-13-15)17(16(2)29-39(32)33)11-21-27-28-24(20-14-30(9-10-38-20)40(5,34)35)31(21)22-18(36-3)7-6-8-19(22)37-4/h6-8,12-13,16-17,20,29H,9-11,14H2,1-5H3,(H,32,33)/p-1/t16-,17-,20-/m1/s1. The van der Waals surface area contributed by atoms with Crippen LogP contribution in [0.5, 0.6) is 11.5 Å². The van der Waals surface area contributed by atoms with Crippen molar-refractivity contribution in [1.82, 2.24) is 33.8 Å². The van der Waals surface area contributed by atoms with Crippen LogP contribution in [0.4, 0.5) is 0 Å². The summed E-state index contributed by atoms with van der Waals surface area (Å²) < 4.78 is 70.6. The molecule has 1 aliphatic heterocycles. The molecule has 0 amide bonds. The molecule has 0 saturated carbocycles. The first kappa shape index (κ1) is 30.0. The van der Waals surface area contributed by atoms with E-state index in [4.69, 9.17) is 14.2 Å². The molecule has 0 radical (unpaired) electrons. The van der Waals surface area contributed by atoms with E-state index in [9.17, 15) is 17.2 Å². The Morgan fingerprint density at radius 2 is 1.85 bits per heavy atom. The van der Waals surface area contributed by atoms with Crippen molar-refractivity contribution >= 4 is 21.3 Å². The molecule has 3 aromatic rings. The summed E-state index contributed by atoms with van der Waals surface area (Å²) in [5, 5.41) is 8.90. The third-order valence-electron chi connectivity index (χ3n) is 6.59. The van der Waals surface area contributed by atoms with E-state index in [2.05, 4.69) is 24.9 Å². The Morgan fingerprint density at radius 1 is 1.20 bits per heavy atom. The second kappa shape index (κ2) is 12.7. The summed E-state index contributed by atoms with van der Waals surface area (Å²) in [7, 11) is -0.448. The first-order chi connectivity index (χ1) is 19.0. The van der Waals surface area contributed by atoms with E-state index in [-0.39, 0.29) is 26.1 Å². The number of para-hydroxylation sites is 1. The lowest BCUT2D eigenvalue weighted by atomic mass is 9.96. The maximum atomic E-state index is 12.3. The number of morpholine rings is 1. The van der Waals surface area contributed by atoms with Gasteiger partial charge in [0, 0.05) is 55.1 Å². The van der Waals surface area contributed by atoms with Gasteiger partial charge in [0.25, 0.3) is 0 Å². The second-order valence-electron chi connectivity index (χ2n) is 9.37. The van der Waals surface area contributed by atoms with Gasteiger partial charge in [0.15, 0.2) is 5.82 Å². The zero-order chi connectivity index (χ0) is 29.0. The number of methoxy groups -OCH3 is 2. The van der Waals surface area contributed by atoms with Crippen LogP contribution in [0, 0.1) is 6.92 Å². The van der Waals surface area contributed by atoms with Crippen molar-refractivity contribution in [2.45, 2.75) is 38.3 Å². The summed E-state index contributed by atoms with van der Waals surface area (Å²) in [6, 6.07) is 4.66. The third-order valence-corrected chi connectivity index (χ3v) is 8.42. The minimum atomic E-state index is -3.48. The molecule has 14 nitrogen and oxygen atoms in total. The lowest BCUT2D eigenvalue weighted by Crippen LogP contribution is -2.42. The maximum absolute atomic E-state index is 12.3. The Morgan fingerprint density at radius 3 is 2.42 bits per heavy atom. The average Bonchev–Trinajstić information content (AvgIpc) is 3.34. The van der Waals surface area contributed by atoms with Crippen LogP contribution in [0.3, 0.4) is 0 Å². The van der Waals surface area contributed by atoms with Crippen LogP contribution in [0.2, 0.25) is 0 Å². The molecular weight excluding hydrogens is 562 g/mol. The molecule has 1 saturated heterocycles. The fourth-order valence-electron chi connectivity index (χ4n) is 4.57. The predicted octanol–water partition coefficient (Wildman–Crippen LogP) is 0.814. The zero-order valence-electron chi connectivity index (χ0n) is 22.8. The molecule has 1 fully saturated rings. The number of hydrogen-bond acceptors (Lipinski definition) is 11. The number of aryl methyl sites for hydroxylation is 1. The average molecular weight is 595 g/mol. The SMILES string of the molecule is COc1cccc(OC)c1-n1c(C[C@@H](c2ncc(C)cn2)[C@@H](C)NS(=O)[O-])nnc1[C@H]1CN(S(C)(=O)=O)CCO1. The Balaban J connectivity index is 1.87. The molecule has 4 rings (SSSR count). The summed E-state index contributed by atoms with van der Waals surface area (Å²) in [6.45, 7) is 3.99. The first-order valence-electron chi connectivity index (χ1n) is 12.4. The van der Waals surface area contributed by atoms with Crippen molar-refractivity contribution in [1.29, 1.82) is 0 Å². The lowest BCUT2D eigenvalue weighted by Gasteiger charge is -2.31. The second-order valence-corrected chi connectivity index (χ2v) is 12.1. The molecule has 0 aliphatic carbocycles. The van der Waals surface area contributed by atoms with Gasteiger partial charge in [-0.05, 0) is 31.5 Å². The molecule has 1 aromatic carbocycles. The molecule has 218 valence electrons. The number of ether oxygens (including phenoxy) is 3. The van der Waals surface area contributed by atoms with Crippen LogP contribution in [0.25, 0.3) is 5.69 Å². The monoisotopic (exact) mass is 594 g/mol. The van der Waals surface area contributed by atoms with Crippen LogP contribution < -0.4 is 14.2 Å². The van der Waals surface area contributed by atoms with Gasteiger partial charge in [0.1, 0.15) is 34.9 Å². The third kappa shape index (κ3) is 6.64. The van der Waals surface area contributed by atoms with Crippen molar-refractivity contribution in [3.8, 4) is 17.2 Å². The number of nitrogens with zero attached hydrogens (tertiary/aromatic N) is 6. The van der Waals surface area contributed by atoms with Crippen molar-refractivity contribution in [3.63, 3.8) is 0 Å². The van der Waals surface area contributed by atoms with Gasteiger partial charge >= 0.3 is 0 Å². The highest BCUT2D eigenvalue weighted by Crippen LogP contribution is 2.37. The summed E-state index contributed by atoms with van der Waals surface area (Å²) in [6.07, 6.45) is 3.87. The summed E-state index contributed by atoms with van der Waals surface area (Å²) >= 11 is -2.54. The fourth-order valence-corrected chi connectivity index (χ4v) is 5.85.